The number of amides is 3. The van der Waals surface area contributed by atoms with Crippen LogP contribution in [0.3, 0.4) is 0 Å². The number of primary amides is 1. The zero-order valence-corrected chi connectivity index (χ0v) is 15.9. The van der Waals surface area contributed by atoms with Crippen LogP contribution in [0.5, 0.6) is 0 Å². The molecule has 1 rings (SSSR count). The Labute approximate surface area is 158 Å². The molecule has 0 bridgehead atoms. The summed E-state index contributed by atoms with van der Waals surface area (Å²) in [5, 5.41) is 5.13. The van der Waals surface area contributed by atoms with E-state index in [1.165, 1.54) is 6.92 Å². The van der Waals surface area contributed by atoms with Gasteiger partial charge in [0.1, 0.15) is 12.1 Å². The number of hydrogen-bond acceptors (Lipinski definition) is 5. The van der Waals surface area contributed by atoms with Gasteiger partial charge in [0.15, 0.2) is 0 Å². The van der Waals surface area contributed by atoms with Gasteiger partial charge in [0, 0.05) is 13.3 Å². The summed E-state index contributed by atoms with van der Waals surface area (Å²) in [5.41, 5.74) is 6.25. The number of nitrogens with two attached hydrogens (primary N) is 1. The van der Waals surface area contributed by atoms with E-state index in [9.17, 15) is 19.2 Å². The highest BCUT2D eigenvalue weighted by Gasteiger charge is 2.30. The van der Waals surface area contributed by atoms with E-state index in [0.29, 0.717) is 0 Å². The highest BCUT2D eigenvalue weighted by atomic mass is 16.5. The van der Waals surface area contributed by atoms with Crippen molar-refractivity contribution in [3.8, 4) is 0 Å². The fourth-order valence-corrected chi connectivity index (χ4v) is 2.65. The van der Waals surface area contributed by atoms with Gasteiger partial charge in [0.25, 0.3) is 0 Å². The Morgan fingerprint density at radius 1 is 1.11 bits per heavy atom. The van der Waals surface area contributed by atoms with Crippen LogP contribution in [0.25, 0.3) is 0 Å². The maximum absolute atomic E-state index is 12.7. The number of carbonyl (C=O) groups is 4. The Hall–Kier alpha value is -2.90. The highest BCUT2D eigenvalue weighted by molar-refractivity contribution is 5.91. The first kappa shape index (κ1) is 22.1. The van der Waals surface area contributed by atoms with Gasteiger partial charge >= 0.3 is 5.97 Å². The molecule has 27 heavy (non-hydrogen) atoms. The van der Waals surface area contributed by atoms with Crippen LogP contribution in [-0.4, -0.2) is 42.4 Å². The van der Waals surface area contributed by atoms with Gasteiger partial charge in [-0.2, -0.15) is 0 Å². The second kappa shape index (κ2) is 10.9. The van der Waals surface area contributed by atoms with Crippen molar-refractivity contribution in [3.05, 3.63) is 35.9 Å². The number of carbonyl (C=O) groups excluding carboxylic acids is 4. The Bertz CT molecular complexity index is 663. The van der Waals surface area contributed by atoms with Crippen molar-refractivity contribution in [3.63, 3.8) is 0 Å². The van der Waals surface area contributed by atoms with Gasteiger partial charge in [-0.25, -0.2) is 0 Å². The summed E-state index contributed by atoms with van der Waals surface area (Å²) in [7, 11) is 0. The van der Waals surface area contributed by atoms with Gasteiger partial charge in [-0.05, 0) is 18.4 Å². The fraction of sp³-hybridized carbons (Fsp3) is 0.474. The molecule has 0 fully saturated rings. The maximum atomic E-state index is 12.7. The van der Waals surface area contributed by atoms with Crippen LogP contribution >= 0.6 is 0 Å². The van der Waals surface area contributed by atoms with Crippen LogP contribution < -0.4 is 16.4 Å². The summed E-state index contributed by atoms with van der Waals surface area (Å²) in [6.07, 6.45) is 0.190. The maximum Gasteiger partial charge on any atom is 0.306 e. The number of rotatable bonds is 10. The molecule has 0 aliphatic rings. The molecule has 4 N–H and O–H groups in total. The Morgan fingerprint density at radius 2 is 1.74 bits per heavy atom. The van der Waals surface area contributed by atoms with Crippen molar-refractivity contribution >= 4 is 23.7 Å². The minimum atomic E-state index is -1.06. The number of hydrogen-bond donors (Lipinski definition) is 3. The van der Waals surface area contributed by atoms with Crippen molar-refractivity contribution in [1.29, 1.82) is 0 Å². The highest BCUT2D eigenvalue weighted by Crippen LogP contribution is 2.11. The topological polar surface area (TPSA) is 128 Å². The minimum Gasteiger partial charge on any atom is -0.466 e. The second-order valence-corrected chi connectivity index (χ2v) is 6.32. The van der Waals surface area contributed by atoms with Crippen LogP contribution in [0.4, 0.5) is 0 Å². The predicted octanol–water partition coefficient (Wildman–Crippen LogP) is 0.293. The van der Waals surface area contributed by atoms with Gasteiger partial charge in [0.05, 0.1) is 13.0 Å². The van der Waals surface area contributed by atoms with Gasteiger partial charge < -0.3 is 21.1 Å². The van der Waals surface area contributed by atoms with E-state index in [-0.39, 0.29) is 25.4 Å². The summed E-state index contributed by atoms with van der Waals surface area (Å²) in [4.78, 5) is 47.6. The molecule has 148 valence electrons. The Balaban J connectivity index is 2.86. The average Bonchev–Trinajstić information content (AvgIpc) is 2.59. The van der Waals surface area contributed by atoms with E-state index in [4.69, 9.17) is 10.5 Å². The third kappa shape index (κ3) is 7.89. The van der Waals surface area contributed by atoms with E-state index < -0.39 is 35.8 Å². The van der Waals surface area contributed by atoms with Crippen LogP contribution in [0, 0.1) is 5.92 Å². The molecule has 0 aromatic heterocycles. The largest absolute Gasteiger partial charge is 0.466 e. The summed E-state index contributed by atoms with van der Waals surface area (Å²) >= 11 is 0. The lowest BCUT2D eigenvalue weighted by atomic mass is 9.96. The third-order valence-corrected chi connectivity index (χ3v) is 3.94. The van der Waals surface area contributed by atoms with E-state index in [2.05, 4.69) is 10.6 Å². The molecule has 1 aromatic rings. The molecule has 0 aliphatic carbocycles. The predicted molar refractivity (Wildman–Crippen MR) is 99.3 cm³/mol. The molecule has 0 spiro atoms. The molecule has 0 saturated carbocycles. The van der Waals surface area contributed by atoms with E-state index in [1.807, 2.05) is 30.3 Å². The Morgan fingerprint density at radius 3 is 2.26 bits per heavy atom. The molecule has 3 amide bonds. The normalized spacial score (nSPS) is 13.7. The van der Waals surface area contributed by atoms with E-state index in [1.54, 1.807) is 13.8 Å². The van der Waals surface area contributed by atoms with E-state index >= 15 is 0 Å². The molecule has 8 nitrogen and oxygen atoms in total. The Kier molecular flexibility index (Phi) is 8.98. The minimum absolute atomic E-state index is 0.0643. The fourth-order valence-electron chi connectivity index (χ4n) is 2.65. The molecule has 0 saturated heterocycles. The van der Waals surface area contributed by atoms with Crippen LogP contribution in [-0.2, 0) is 30.3 Å². The SMILES string of the molecule is CCOC(=O)C[C@@H](C)[C@@H](NC(=O)[C@@H](Cc1ccccc1)NC(C)=O)C(N)=O. The first-order chi connectivity index (χ1) is 12.7. The average molecular weight is 377 g/mol. The molecular formula is C19H27N3O5. The second-order valence-electron chi connectivity index (χ2n) is 6.32. The van der Waals surface area contributed by atoms with Crippen LogP contribution in [0.15, 0.2) is 30.3 Å². The number of nitrogens with one attached hydrogen (secondary N) is 2. The van der Waals surface area contributed by atoms with Gasteiger partial charge in [0.2, 0.25) is 17.7 Å². The molecule has 0 aliphatic heterocycles. The zero-order chi connectivity index (χ0) is 20.4. The van der Waals surface area contributed by atoms with Crippen molar-refractivity contribution in [2.75, 3.05) is 6.61 Å². The summed E-state index contributed by atoms with van der Waals surface area (Å²) in [6, 6.07) is 7.22. The van der Waals surface area contributed by atoms with Crippen LogP contribution in [0.2, 0.25) is 0 Å². The number of ether oxygens (including phenoxy) is 1. The first-order valence-electron chi connectivity index (χ1n) is 8.80. The smallest absolute Gasteiger partial charge is 0.306 e. The molecule has 0 unspecified atom stereocenters. The third-order valence-electron chi connectivity index (χ3n) is 3.94. The number of esters is 1. The molecule has 0 heterocycles. The van der Waals surface area contributed by atoms with Gasteiger partial charge in [-0.15, -0.1) is 0 Å². The summed E-state index contributed by atoms with van der Waals surface area (Å²) in [5.74, 6) is -2.72. The number of benzene rings is 1. The molecule has 8 heteroatoms. The lowest BCUT2D eigenvalue weighted by Crippen LogP contribution is -2.55. The lowest BCUT2D eigenvalue weighted by molar-refractivity contribution is -0.145. The zero-order valence-electron chi connectivity index (χ0n) is 15.9. The summed E-state index contributed by atoms with van der Waals surface area (Å²) < 4.78 is 4.87. The standard InChI is InChI=1S/C19H27N3O5/c1-4-27-16(24)10-12(2)17(18(20)25)22-19(26)15(21-13(3)23)11-14-8-6-5-7-9-14/h5-9,12,15,17H,4,10-11H2,1-3H3,(H2,20,25)(H,21,23)(H,22,26)/t12-,15-,17-/m1/s1. The quantitative estimate of drug-likeness (QED) is 0.505. The molecule has 1 aromatic carbocycles. The van der Waals surface area contributed by atoms with Crippen LogP contribution in [0.1, 0.15) is 32.8 Å². The van der Waals surface area contributed by atoms with Crippen molar-refractivity contribution in [2.45, 2.75) is 45.7 Å². The summed E-state index contributed by atoms with van der Waals surface area (Å²) in [6.45, 7) is 4.83. The molecule has 0 radical (unpaired) electrons. The monoisotopic (exact) mass is 377 g/mol. The van der Waals surface area contributed by atoms with Gasteiger partial charge in [-0.1, -0.05) is 37.3 Å². The van der Waals surface area contributed by atoms with Crippen molar-refractivity contribution in [2.24, 2.45) is 11.7 Å². The first-order valence-corrected chi connectivity index (χ1v) is 8.80. The van der Waals surface area contributed by atoms with Crippen molar-refractivity contribution < 1.29 is 23.9 Å². The molecular weight excluding hydrogens is 350 g/mol. The van der Waals surface area contributed by atoms with Gasteiger partial charge in [-0.3, -0.25) is 19.2 Å². The lowest BCUT2D eigenvalue weighted by Gasteiger charge is -2.25. The molecule has 3 atom stereocenters. The van der Waals surface area contributed by atoms with Crippen molar-refractivity contribution in [1.82, 2.24) is 10.6 Å². The van der Waals surface area contributed by atoms with E-state index in [0.717, 1.165) is 5.56 Å².